The van der Waals surface area contributed by atoms with Crippen LogP contribution in [0.4, 0.5) is 5.82 Å². The summed E-state index contributed by atoms with van der Waals surface area (Å²) in [4.78, 5) is 10.6. The van der Waals surface area contributed by atoms with Gasteiger partial charge in [0.1, 0.15) is 5.82 Å². The molecule has 0 saturated carbocycles. The fourth-order valence-electron chi connectivity index (χ4n) is 2.13. The monoisotopic (exact) mass is 289 g/mol. The lowest BCUT2D eigenvalue weighted by Gasteiger charge is -2.09. The molecular weight excluding hydrogens is 274 g/mol. The first kappa shape index (κ1) is 12.8. The summed E-state index contributed by atoms with van der Waals surface area (Å²) in [5.41, 5.74) is 3.51. The Kier molecular flexibility index (Phi) is 3.66. The molecule has 3 nitrogen and oxygen atoms in total. The van der Waals surface area contributed by atoms with E-state index in [9.17, 15) is 0 Å². The van der Waals surface area contributed by atoms with Gasteiger partial charge in [0, 0.05) is 34.6 Å². The zero-order valence-corrected chi connectivity index (χ0v) is 12.6. The molecule has 1 aliphatic heterocycles. The van der Waals surface area contributed by atoms with Crippen molar-refractivity contribution in [2.75, 3.05) is 18.6 Å². The maximum Gasteiger partial charge on any atom is 0.161 e. The van der Waals surface area contributed by atoms with Crippen LogP contribution in [-0.2, 0) is 11.5 Å². The summed E-state index contributed by atoms with van der Waals surface area (Å²) in [6, 6.07) is 8.42. The molecule has 19 heavy (non-hydrogen) atoms. The van der Waals surface area contributed by atoms with Gasteiger partial charge in [0.15, 0.2) is 5.82 Å². The molecule has 0 spiro atoms. The number of thioether (sulfide) groups is 2. The molecule has 0 bridgehead atoms. The van der Waals surface area contributed by atoms with E-state index in [2.05, 4.69) is 40.8 Å². The molecule has 5 heteroatoms. The minimum atomic E-state index is 0.818. The molecule has 1 aromatic carbocycles. The van der Waals surface area contributed by atoms with E-state index in [1.807, 2.05) is 18.8 Å². The predicted molar refractivity (Wildman–Crippen MR) is 83.8 cm³/mol. The number of benzene rings is 1. The molecule has 2 heterocycles. The first-order chi connectivity index (χ1) is 9.31. The molecule has 0 unspecified atom stereocenters. The van der Waals surface area contributed by atoms with Gasteiger partial charge in [0.2, 0.25) is 0 Å². The van der Waals surface area contributed by atoms with Gasteiger partial charge >= 0.3 is 0 Å². The van der Waals surface area contributed by atoms with Crippen LogP contribution in [0.1, 0.15) is 11.3 Å². The number of nitrogens with one attached hydrogen (secondary N) is 1. The first-order valence-electron chi connectivity index (χ1n) is 6.11. The average Bonchev–Trinajstić information content (AvgIpc) is 2.94. The Morgan fingerprint density at radius 2 is 1.95 bits per heavy atom. The smallest absolute Gasteiger partial charge is 0.161 e. The summed E-state index contributed by atoms with van der Waals surface area (Å²) < 4.78 is 0. The van der Waals surface area contributed by atoms with Crippen LogP contribution >= 0.6 is 23.5 Å². The molecule has 1 N–H and O–H groups in total. The standard InChI is InChI=1S/C14H15N3S2/c1-15-14-11-7-19-8-12(11)16-13(17-14)9-3-5-10(18-2)6-4-9/h3-6H,7-8H2,1-2H3,(H,15,16,17). The van der Waals surface area contributed by atoms with E-state index >= 15 is 0 Å². The molecular formula is C14H15N3S2. The van der Waals surface area contributed by atoms with E-state index in [4.69, 9.17) is 4.98 Å². The van der Waals surface area contributed by atoms with E-state index in [1.54, 1.807) is 11.8 Å². The van der Waals surface area contributed by atoms with Crippen LogP contribution in [0, 0.1) is 0 Å². The van der Waals surface area contributed by atoms with Crippen molar-refractivity contribution in [2.45, 2.75) is 16.4 Å². The van der Waals surface area contributed by atoms with Crippen LogP contribution < -0.4 is 5.32 Å². The third-order valence-electron chi connectivity index (χ3n) is 3.16. The van der Waals surface area contributed by atoms with Crippen LogP contribution in [0.5, 0.6) is 0 Å². The second-order valence-corrected chi connectivity index (χ2v) is 6.16. The van der Waals surface area contributed by atoms with Crippen LogP contribution in [0.25, 0.3) is 11.4 Å². The number of aromatic nitrogens is 2. The highest BCUT2D eigenvalue weighted by molar-refractivity contribution is 7.98. The van der Waals surface area contributed by atoms with Gasteiger partial charge in [-0.05, 0) is 18.4 Å². The van der Waals surface area contributed by atoms with Crippen LogP contribution in [0.2, 0.25) is 0 Å². The highest BCUT2D eigenvalue weighted by Gasteiger charge is 2.19. The summed E-state index contributed by atoms with van der Waals surface area (Å²) >= 11 is 3.64. The van der Waals surface area contributed by atoms with Crippen LogP contribution in [0.15, 0.2) is 29.2 Å². The number of anilines is 1. The normalized spacial score (nSPS) is 13.4. The summed E-state index contributed by atoms with van der Waals surface area (Å²) in [7, 11) is 1.92. The van der Waals surface area contributed by atoms with Gasteiger partial charge in [0.05, 0.1) is 5.69 Å². The lowest BCUT2D eigenvalue weighted by molar-refractivity contribution is 1.07. The van der Waals surface area contributed by atoms with E-state index in [1.165, 1.54) is 16.2 Å². The quantitative estimate of drug-likeness (QED) is 0.873. The van der Waals surface area contributed by atoms with E-state index in [-0.39, 0.29) is 0 Å². The fourth-order valence-corrected chi connectivity index (χ4v) is 3.58. The fraction of sp³-hybridized carbons (Fsp3) is 0.286. The number of hydrogen-bond donors (Lipinski definition) is 1. The highest BCUT2D eigenvalue weighted by atomic mass is 32.2. The van der Waals surface area contributed by atoms with E-state index in [0.29, 0.717) is 0 Å². The zero-order chi connectivity index (χ0) is 13.2. The largest absolute Gasteiger partial charge is 0.373 e. The molecule has 0 atom stereocenters. The lowest BCUT2D eigenvalue weighted by Crippen LogP contribution is -2.03. The van der Waals surface area contributed by atoms with E-state index < -0.39 is 0 Å². The Labute approximate surface area is 121 Å². The van der Waals surface area contributed by atoms with Gasteiger partial charge in [-0.3, -0.25) is 0 Å². The van der Waals surface area contributed by atoms with Gasteiger partial charge in [-0.15, -0.1) is 11.8 Å². The highest BCUT2D eigenvalue weighted by Crippen LogP contribution is 2.34. The van der Waals surface area contributed by atoms with Gasteiger partial charge < -0.3 is 5.32 Å². The Balaban J connectivity index is 2.04. The molecule has 0 aliphatic carbocycles. The zero-order valence-electron chi connectivity index (χ0n) is 10.9. The van der Waals surface area contributed by atoms with Crippen LogP contribution in [-0.4, -0.2) is 23.3 Å². The number of fused-ring (bicyclic) bond motifs is 1. The van der Waals surface area contributed by atoms with Crippen molar-refractivity contribution < 1.29 is 0 Å². The molecule has 0 saturated heterocycles. The van der Waals surface area contributed by atoms with Crippen molar-refractivity contribution in [3.63, 3.8) is 0 Å². The lowest BCUT2D eigenvalue weighted by atomic mass is 10.2. The Morgan fingerprint density at radius 3 is 2.63 bits per heavy atom. The number of nitrogens with zero attached hydrogens (tertiary/aromatic N) is 2. The second-order valence-electron chi connectivity index (χ2n) is 4.29. The molecule has 0 radical (unpaired) electrons. The van der Waals surface area contributed by atoms with Crippen molar-refractivity contribution in [2.24, 2.45) is 0 Å². The van der Waals surface area contributed by atoms with Crippen molar-refractivity contribution in [1.82, 2.24) is 9.97 Å². The second kappa shape index (κ2) is 5.43. The Morgan fingerprint density at radius 1 is 1.16 bits per heavy atom. The topological polar surface area (TPSA) is 37.8 Å². The predicted octanol–water partition coefficient (Wildman–Crippen LogP) is 3.65. The van der Waals surface area contributed by atoms with Gasteiger partial charge in [-0.25, -0.2) is 9.97 Å². The molecule has 98 valence electrons. The Hall–Kier alpha value is -1.20. The van der Waals surface area contributed by atoms with Crippen molar-refractivity contribution in [3.8, 4) is 11.4 Å². The van der Waals surface area contributed by atoms with Gasteiger partial charge in [-0.2, -0.15) is 11.8 Å². The Bertz CT molecular complexity index is 596. The molecule has 3 rings (SSSR count). The molecule has 2 aromatic rings. The minimum Gasteiger partial charge on any atom is -0.373 e. The number of rotatable bonds is 3. The number of hydrogen-bond acceptors (Lipinski definition) is 5. The summed E-state index contributed by atoms with van der Waals surface area (Å²) in [5.74, 6) is 3.79. The molecule has 1 aromatic heterocycles. The SMILES string of the molecule is CNc1nc(-c2ccc(SC)cc2)nc2c1CSC2. The van der Waals surface area contributed by atoms with Crippen molar-refractivity contribution >= 4 is 29.3 Å². The third kappa shape index (κ3) is 2.44. The van der Waals surface area contributed by atoms with Crippen molar-refractivity contribution in [1.29, 1.82) is 0 Å². The van der Waals surface area contributed by atoms with Crippen LogP contribution in [0.3, 0.4) is 0 Å². The summed E-state index contributed by atoms with van der Waals surface area (Å²) in [5, 5.41) is 3.19. The molecule has 0 amide bonds. The van der Waals surface area contributed by atoms with E-state index in [0.717, 1.165) is 28.7 Å². The minimum absolute atomic E-state index is 0.818. The summed E-state index contributed by atoms with van der Waals surface area (Å²) in [6.45, 7) is 0. The van der Waals surface area contributed by atoms with Gasteiger partial charge in [-0.1, -0.05) is 12.1 Å². The third-order valence-corrected chi connectivity index (χ3v) is 4.88. The average molecular weight is 289 g/mol. The summed E-state index contributed by atoms with van der Waals surface area (Å²) in [6.07, 6.45) is 2.08. The van der Waals surface area contributed by atoms with Crippen molar-refractivity contribution in [3.05, 3.63) is 35.5 Å². The molecule has 0 fully saturated rings. The first-order valence-corrected chi connectivity index (χ1v) is 8.49. The maximum absolute atomic E-state index is 4.71. The maximum atomic E-state index is 4.71. The van der Waals surface area contributed by atoms with Gasteiger partial charge in [0.25, 0.3) is 0 Å². The molecule has 1 aliphatic rings.